The molecule has 7 nitrogen and oxygen atoms in total. The zero-order chi connectivity index (χ0) is 22.0. The molecule has 3 heterocycles. The second-order valence-corrected chi connectivity index (χ2v) is 7.82. The van der Waals surface area contributed by atoms with Crippen molar-refractivity contribution in [2.45, 2.75) is 52.2 Å². The second-order valence-electron chi connectivity index (χ2n) is 7.82. The highest BCUT2D eigenvalue weighted by Crippen LogP contribution is 2.34. The number of hydrogen-bond donors (Lipinski definition) is 0. The number of furan rings is 1. The van der Waals surface area contributed by atoms with E-state index in [1.165, 1.54) is 14.0 Å². The van der Waals surface area contributed by atoms with Crippen molar-refractivity contribution < 1.29 is 33.0 Å². The first-order valence-corrected chi connectivity index (χ1v) is 9.81. The molecule has 3 atom stereocenters. The Balaban J connectivity index is 2.04. The van der Waals surface area contributed by atoms with Crippen LogP contribution in [0.2, 0.25) is 0 Å². The Morgan fingerprint density at radius 2 is 1.97 bits per heavy atom. The first kappa shape index (κ1) is 21.9. The van der Waals surface area contributed by atoms with E-state index in [4.69, 9.17) is 18.6 Å². The summed E-state index contributed by atoms with van der Waals surface area (Å²) in [5, 5.41) is 0. The van der Waals surface area contributed by atoms with E-state index in [9.17, 15) is 14.4 Å². The molecule has 0 spiro atoms. The van der Waals surface area contributed by atoms with Crippen LogP contribution < -0.4 is 0 Å². The summed E-state index contributed by atoms with van der Waals surface area (Å²) in [6.07, 6.45) is 3.42. The van der Waals surface area contributed by atoms with Crippen LogP contribution in [0.4, 0.5) is 0 Å². The SMILES string of the molecule is C=C(C)[C@H]1Cc2oc(cc2C(=O)OC)[CH][C](C)C[C@H]2C=C(C(=O)O2)[C@H](OC(C)=O)C1. The maximum Gasteiger partial charge on any atom is 0.341 e. The largest absolute Gasteiger partial charge is 0.465 e. The smallest absolute Gasteiger partial charge is 0.341 e. The topological polar surface area (TPSA) is 92.0 Å². The van der Waals surface area contributed by atoms with Crippen LogP contribution in [-0.4, -0.2) is 37.2 Å². The van der Waals surface area contributed by atoms with Crippen molar-refractivity contribution in [2.75, 3.05) is 7.11 Å². The Morgan fingerprint density at radius 1 is 1.23 bits per heavy atom. The molecule has 0 aliphatic carbocycles. The molecule has 0 saturated carbocycles. The van der Waals surface area contributed by atoms with Crippen LogP contribution in [0.15, 0.2) is 34.3 Å². The fourth-order valence-corrected chi connectivity index (χ4v) is 3.80. The molecule has 0 amide bonds. The predicted molar refractivity (Wildman–Crippen MR) is 107 cm³/mol. The van der Waals surface area contributed by atoms with Crippen LogP contribution in [-0.2, 0) is 30.2 Å². The highest BCUT2D eigenvalue weighted by atomic mass is 16.6. The van der Waals surface area contributed by atoms with Gasteiger partial charge in [0.1, 0.15) is 29.3 Å². The number of fused-ring (bicyclic) bond motifs is 3. The minimum absolute atomic E-state index is 0.213. The lowest BCUT2D eigenvalue weighted by Gasteiger charge is -2.23. The zero-order valence-electron chi connectivity index (χ0n) is 17.7. The minimum atomic E-state index is -0.775. The third-order valence-corrected chi connectivity index (χ3v) is 5.29. The fourth-order valence-electron chi connectivity index (χ4n) is 3.80. The maximum absolute atomic E-state index is 12.5. The van der Waals surface area contributed by atoms with Gasteiger partial charge >= 0.3 is 17.9 Å². The molecule has 2 aliphatic rings. The average Bonchev–Trinajstić information content (AvgIpc) is 3.21. The van der Waals surface area contributed by atoms with E-state index < -0.39 is 30.1 Å². The molecule has 3 rings (SSSR count). The molecule has 0 N–H and O–H groups in total. The molecule has 7 heteroatoms. The minimum Gasteiger partial charge on any atom is -0.465 e. The van der Waals surface area contributed by atoms with Crippen molar-refractivity contribution in [3.8, 4) is 0 Å². The van der Waals surface area contributed by atoms with Crippen molar-refractivity contribution in [2.24, 2.45) is 5.92 Å². The van der Waals surface area contributed by atoms with Gasteiger partial charge in [0.15, 0.2) is 0 Å². The van der Waals surface area contributed by atoms with Crippen LogP contribution in [0.25, 0.3) is 0 Å². The number of carbonyl (C=O) groups excluding carboxylic acids is 3. The number of hydrogen-bond acceptors (Lipinski definition) is 7. The van der Waals surface area contributed by atoms with E-state index >= 15 is 0 Å². The predicted octanol–water partition coefficient (Wildman–Crippen LogP) is 3.53. The number of carbonyl (C=O) groups is 3. The molecule has 1 aromatic rings. The standard InChI is InChI=1S/C23H26O7/c1-12(2)15-8-20(28-14(4)24)19-11-17(30-23(19)26)7-13(3)6-16-10-18(22(25)27-5)21(9-15)29-16/h6,10-11,15,17,20H,1,7-9H2,2-5H3/t15-,17+,20-/m1/s1. The summed E-state index contributed by atoms with van der Waals surface area (Å²) in [5.41, 5.74) is 1.49. The number of rotatable bonds is 3. The molecule has 0 saturated heterocycles. The summed E-state index contributed by atoms with van der Waals surface area (Å²) in [5.74, 6) is 0.218. The van der Waals surface area contributed by atoms with Crippen molar-refractivity contribution in [3.63, 3.8) is 0 Å². The third-order valence-electron chi connectivity index (χ3n) is 5.29. The monoisotopic (exact) mass is 414 g/mol. The molecule has 2 radical (unpaired) electrons. The molecular formula is C23H26O7. The van der Waals surface area contributed by atoms with Gasteiger partial charge in [0.25, 0.3) is 0 Å². The lowest BCUT2D eigenvalue weighted by molar-refractivity contribution is -0.147. The Bertz CT molecular complexity index is 891. The van der Waals surface area contributed by atoms with Gasteiger partial charge in [0.05, 0.1) is 12.7 Å². The maximum atomic E-state index is 12.5. The van der Waals surface area contributed by atoms with Crippen LogP contribution in [0.5, 0.6) is 0 Å². The normalized spacial score (nSPS) is 24.6. The zero-order valence-corrected chi connectivity index (χ0v) is 17.7. The molecule has 2 aliphatic heterocycles. The van der Waals surface area contributed by atoms with Crippen LogP contribution in [0.1, 0.15) is 55.5 Å². The van der Waals surface area contributed by atoms with Gasteiger partial charge in [-0.25, -0.2) is 9.59 Å². The summed E-state index contributed by atoms with van der Waals surface area (Å²) >= 11 is 0. The summed E-state index contributed by atoms with van der Waals surface area (Å²) in [7, 11) is 1.32. The lowest BCUT2D eigenvalue weighted by Crippen LogP contribution is -2.26. The van der Waals surface area contributed by atoms with Crippen LogP contribution in [0, 0.1) is 18.3 Å². The highest BCUT2D eigenvalue weighted by Gasteiger charge is 2.36. The molecule has 1 aromatic heterocycles. The Hall–Kier alpha value is -2.83. The van der Waals surface area contributed by atoms with E-state index in [1.807, 2.05) is 20.3 Å². The fraction of sp³-hybridized carbons (Fsp3) is 0.435. The van der Waals surface area contributed by atoms with E-state index in [0.29, 0.717) is 41.9 Å². The van der Waals surface area contributed by atoms with Gasteiger partial charge in [0, 0.05) is 19.8 Å². The quantitative estimate of drug-likeness (QED) is 0.424. The molecule has 0 fully saturated rings. The van der Waals surface area contributed by atoms with Gasteiger partial charge in [-0.15, -0.1) is 0 Å². The molecule has 4 bridgehead atoms. The number of allylic oxidation sites excluding steroid dienone is 1. The Labute approximate surface area is 176 Å². The summed E-state index contributed by atoms with van der Waals surface area (Å²) in [4.78, 5) is 36.5. The Kier molecular flexibility index (Phi) is 6.48. The van der Waals surface area contributed by atoms with Gasteiger partial charge in [-0.05, 0) is 43.7 Å². The second kappa shape index (κ2) is 8.90. The van der Waals surface area contributed by atoms with Gasteiger partial charge in [-0.2, -0.15) is 0 Å². The molecule has 0 unspecified atom stereocenters. The molecule has 30 heavy (non-hydrogen) atoms. The van der Waals surface area contributed by atoms with Gasteiger partial charge in [-0.3, -0.25) is 4.79 Å². The van der Waals surface area contributed by atoms with E-state index in [0.717, 1.165) is 11.5 Å². The summed E-state index contributed by atoms with van der Waals surface area (Å²) in [6.45, 7) is 9.09. The number of ether oxygens (including phenoxy) is 3. The Morgan fingerprint density at radius 3 is 2.60 bits per heavy atom. The van der Waals surface area contributed by atoms with E-state index in [-0.39, 0.29) is 5.92 Å². The van der Waals surface area contributed by atoms with Gasteiger partial charge in [0.2, 0.25) is 0 Å². The van der Waals surface area contributed by atoms with E-state index in [2.05, 4.69) is 6.58 Å². The highest BCUT2D eigenvalue weighted by molar-refractivity contribution is 5.92. The van der Waals surface area contributed by atoms with Crippen molar-refractivity contribution >= 4 is 17.9 Å². The number of methoxy groups -OCH3 is 1. The van der Waals surface area contributed by atoms with E-state index in [1.54, 1.807) is 12.1 Å². The van der Waals surface area contributed by atoms with Crippen LogP contribution >= 0.6 is 0 Å². The summed E-state index contributed by atoms with van der Waals surface area (Å²) < 4.78 is 21.8. The molecular weight excluding hydrogens is 388 g/mol. The summed E-state index contributed by atoms with van der Waals surface area (Å²) in [6, 6.07) is 1.65. The first-order chi connectivity index (χ1) is 14.2. The third kappa shape index (κ3) is 4.83. The van der Waals surface area contributed by atoms with Crippen LogP contribution in [0.3, 0.4) is 0 Å². The number of esters is 3. The lowest BCUT2D eigenvalue weighted by atomic mass is 9.87. The molecule has 160 valence electrons. The molecule has 0 aromatic carbocycles. The van der Waals surface area contributed by atoms with Crippen molar-refractivity contribution in [1.29, 1.82) is 0 Å². The van der Waals surface area contributed by atoms with Crippen molar-refractivity contribution in [1.82, 2.24) is 0 Å². The van der Waals surface area contributed by atoms with Gasteiger partial charge in [-0.1, -0.05) is 19.1 Å². The van der Waals surface area contributed by atoms with Crippen molar-refractivity contribution in [3.05, 3.63) is 59.3 Å². The first-order valence-electron chi connectivity index (χ1n) is 9.81. The average molecular weight is 414 g/mol. The van der Waals surface area contributed by atoms with Gasteiger partial charge < -0.3 is 18.6 Å².